The Balaban J connectivity index is 2.38. The maximum Gasteiger partial charge on any atom is 0.330 e. The summed E-state index contributed by atoms with van der Waals surface area (Å²) in [6, 6.07) is 0. The lowest BCUT2D eigenvalue weighted by atomic mass is 10.2. The van der Waals surface area contributed by atoms with Gasteiger partial charge in [0.05, 0.1) is 18.8 Å². The van der Waals surface area contributed by atoms with Gasteiger partial charge in [0.1, 0.15) is 0 Å². The largest absolute Gasteiger partial charge is 0.409 e. The fraction of sp³-hybridized carbons (Fsp3) is 0.750. The van der Waals surface area contributed by atoms with Crippen LogP contribution in [0.5, 0.6) is 0 Å². The van der Waals surface area contributed by atoms with Gasteiger partial charge >= 0.3 is 5.69 Å². The quantitative estimate of drug-likeness (QED) is 0.798. The van der Waals surface area contributed by atoms with Crippen LogP contribution in [-0.2, 0) is 9.16 Å². The second-order valence-corrected chi connectivity index (χ2v) is 12.7. The van der Waals surface area contributed by atoms with Gasteiger partial charge in [-0.2, -0.15) is 0 Å². The molecule has 0 aromatic carbocycles. The molecule has 2 heterocycles. The van der Waals surface area contributed by atoms with Gasteiger partial charge in [-0.3, -0.25) is 14.3 Å². The van der Waals surface area contributed by atoms with Gasteiger partial charge in [0.15, 0.2) is 14.5 Å². The maximum atomic E-state index is 12.2. The normalized spacial score (nSPS) is 25.2. The monoisotopic (exact) mass is 356 g/mol. The number of aliphatic hydroxyl groups excluding tert-OH is 1. The first-order valence-corrected chi connectivity index (χ1v) is 11.1. The molecule has 136 valence electrons. The number of aromatic amines is 1. The van der Waals surface area contributed by atoms with Crippen LogP contribution in [0, 0.1) is 6.92 Å². The number of rotatable bonds is 4. The van der Waals surface area contributed by atoms with E-state index in [0.29, 0.717) is 12.0 Å². The molecule has 0 saturated carbocycles. The van der Waals surface area contributed by atoms with Gasteiger partial charge in [0, 0.05) is 18.2 Å². The van der Waals surface area contributed by atoms with Gasteiger partial charge in [-0.25, -0.2) is 4.79 Å². The first-order chi connectivity index (χ1) is 11.0. The minimum absolute atomic E-state index is 0.0146. The number of aliphatic hydroxyl groups is 1. The van der Waals surface area contributed by atoms with Crippen LogP contribution in [0.25, 0.3) is 0 Å². The molecule has 7 nitrogen and oxygen atoms in total. The third-order valence-electron chi connectivity index (χ3n) is 5.02. The molecule has 1 saturated heterocycles. The fourth-order valence-corrected chi connectivity index (χ4v) is 3.84. The summed E-state index contributed by atoms with van der Waals surface area (Å²) in [7, 11) is -2.08. The summed E-state index contributed by atoms with van der Waals surface area (Å²) in [5.74, 6) is 0. The third-order valence-corrected chi connectivity index (χ3v) is 9.53. The molecule has 1 aromatic heterocycles. The van der Waals surface area contributed by atoms with E-state index in [1.807, 2.05) is 0 Å². The highest BCUT2D eigenvalue weighted by atomic mass is 28.4. The molecule has 1 fully saturated rings. The number of aromatic nitrogens is 2. The summed E-state index contributed by atoms with van der Waals surface area (Å²) in [5, 5.41) is 9.47. The van der Waals surface area contributed by atoms with Crippen molar-refractivity contribution in [1.82, 2.24) is 9.55 Å². The SMILES string of the molecule is Cc1cn([C@@H]2O[C@H](CO)C[C@@H]2O[Si](C)(C)C(C)(C)C)c(=O)[nH]c1=O. The van der Waals surface area contributed by atoms with Crippen LogP contribution in [0.2, 0.25) is 18.1 Å². The predicted molar refractivity (Wildman–Crippen MR) is 93.7 cm³/mol. The van der Waals surface area contributed by atoms with E-state index < -0.39 is 25.8 Å². The fourth-order valence-electron chi connectivity index (χ4n) is 2.51. The highest BCUT2D eigenvalue weighted by Crippen LogP contribution is 2.41. The predicted octanol–water partition coefficient (Wildman–Crippen LogP) is 1.52. The average molecular weight is 356 g/mol. The number of aryl methyl sites for hydroxylation is 1. The summed E-state index contributed by atoms with van der Waals surface area (Å²) >= 11 is 0. The minimum atomic E-state index is -2.08. The molecular weight excluding hydrogens is 328 g/mol. The molecule has 2 N–H and O–H groups in total. The Morgan fingerprint density at radius 3 is 2.58 bits per heavy atom. The summed E-state index contributed by atoms with van der Waals surface area (Å²) in [5.41, 5.74) is -0.510. The highest BCUT2D eigenvalue weighted by molar-refractivity contribution is 6.74. The Hall–Kier alpha value is -1.22. The van der Waals surface area contributed by atoms with E-state index in [0.717, 1.165) is 0 Å². The Morgan fingerprint density at radius 1 is 1.42 bits per heavy atom. The zero-order valence-corrected chi connectivity index (χ0v) is 16.3. The van der Waals surface area contributed by atoms with Crippen LogP contribution in [0.3, 0.4) is 0 Å². The molecule has 0 bridgehead atoms. The molecule has 2 rings (SSSR count). The van der Waals surface area contributed by atoms with Crippen LogP contribution >= 0.6 is 0 Å². The van der Waals surface area contributed by atoms with E-state index in [-0.39, 0.29) is 23.9 Å². The van der Waals surface area contributed by atoms with Crippen molar-refractivity contribution < 1.29 is 14.3 Å². The molecule has 0 unspecified atom stereocenters. The van der Waals surface area contributed by atoms with Gasteiger partial charge in [-0.15, -0.1) is 0 Å². The molecule has 8 heteroatoms. The molecule has 0 radical (unpaired) electrons. The standard InChI is InChI=1S/C16H28N2O5Si/c1-10-8-18(15(21)17-13(10)20)14-12(7-11(9-19)22-14)23-24(5,6)16(2,3)4/h8,11-12,14,19H,7,9H2,1-6H3,(H,17,20,21)/t11-,12-,14+/m0/s1. The maximum absolute atomic E-state index is 12.2. The van der Waals surface area contributed by atoms with Crippen molar-refractivity contribution >= 4 is 8.32 Å². The third kappa shape index (κ3) is 3.71. The summed E-state index contributed by atoms with van der Waals surface area (Å²) in [6.07, 6.45) is 0.626. The lowest BCUT2D eigenvalue weighted by Gasteiger charge is -2.39. The van der Waals surface area contributed by atoms with Gasteiger partial charge in [0.2, 0.25) is 0 Å². The van der Waals surface area contributed by atoms with E-state index in [4.69, 9.17) is 9.16 Å². The zero-order valence-electron chi connectivity index (χ0n) is 15.3. The Kier molecular flexibility index (Phi) is 5.24. The van der Waals surface area contributed by atoms with Crippen LogP contribution in [0.1, 0.15) is 39.0 Å². The Labute approximate surface area is 142 Å². The molecule has 0 amide bonds. The van der Waals surface area contributed by atoms with E-state index in [2.05, 4.69) is 38.8 Å². The van der Waals surface area contributed by atoms with Crippen molar-refractivity contribution in [3.8, 4) is 0 Å². The molecular formula is C16H28N2O5Si. The van der Waals surface area contributed by atoms with Crippen LogP contribution in [0.15, 0.2) is 15.8 Å². The van der Waals surface area contributed by atoms with Crippen LogP contribution < -0.4 is 11.2 Å². The number of nitrogens with one attached hydrogen (secondary N) is 1. The zero-order chi connectivity index (χ0) is 18.3. The number of nitrogens with zero attached hydrogens (tertiary/aromatic N) is 1. The molecule has 3 atom stereocenters. The second-order valence-electron chi connectivity index (χ2n) is 7.96. The molecule has 1 aromatic rings. The number of hydrogen-bond donors (Lipinski definition) is 2. The first kappa shape index (κ1) is 19.1. The molecule has 24 heavy (non-hydrogen) atoms. The second kappa shape index (κ2) is 6.59. The van der Waals surface area contributed by atoms with E-state index in [1.54, 1.807) is 6.92 Å². The van der Waals surface area contributed by atoms with Gasteiger partial charge in [-0.1, -0.05) is 20.8 Å². The van der Waals surface area contributed by atoms with E-state index in [1.165, 1.54) is 10.8 Å². The van der Waals surface area contributed by atoms with Gasteiger partial charge in [0.25, 0.3) is 5.56 Å². The van der Waals surface area contributed by atoms with Crippen molar-refractivity contribution in [3.63, 3.8) is 0 Å². The van der Waals surface area contributed by atoms with E-state index >= 15 is 0 Å². The minimum Gasteiger partial charge on any atom is -0.409 e. The van der Waals surface area contributed by atoms with E-state index in [9.17, 15) is 14.7 Å². The highest BCUT2D eigenvalue weighted by Gasteiger charge is 2.45. The molecule has 1 aliphatic heterocycles. The molecule has 0 aliphatic carbocycles. The van der Waals surface area contributed by atoms with Crippen molar-refractivity contribution in [2.45, 2.75) is 70.7 Å². The smallest absolute Gasteiger partial charge is 0.330 e. The van der Waals surface area contributed by atoms with Crippen LogP contribution in [0.4, 0.5) is 0 Å². The Morgan fingerprint density at radius 2 is 2.04 bits per heavy atom. The average Bonchev–Trinajstić information content (AvgIpc) is 2.84. The van der Waals surface area contributed by atoms with Gasteiger partial charge in [-0.05, 0) is 25.1 Å². The molecule has 0 spiro atoms. The summed E-state index contributed by atoms with van der Waals surface area (Å²) < 4.78 is 13.6. The number of ether oxygens (including phenoxy) is 1. The summed E-state index contributed by atoms with van der Waals surface area (Å²) in [4.78, 5) is 26.1. The lowest BCUT2D eigenvalue weighted by molar-refractivity contribution is -0.0504. The number of H-pyrrole nitrogens is 1. The van der Waals surface area contributed by atoms with Crippen molar-refractivity contribution in [2.24, 2.45) is 0 Å². The molecule has 1 aliphatic rings. The lowest BCUT2D eigenvalue weighted by Crippen LogP contribution is -2.46. The number of hydrogen-bond acceptors (Lipinski definition) is 5. The first-order valence-electron chi connectivity index (χ1n) is 8.22. The van der Waals surface area contributed by atoms with Crippen molar-refractivity contribution in [1.29, 1.82) is 0 Å². The van der Waals surface area contributed by atoms with Crippen LogP contribution in [-0.4, -0.2) is 41.8 Å². The van der Waals surface area contributed by atoms with Gasteiger partial charge < -0.3 is 14.3 Å². The van der Waals surface area contributed by atoms with Crippen molar-refractivity contribution in [2.75, 3.05) is 6.61 Å². The summed E-state index contributed by atoms with van der Waals surface area (Å²) in [6.45, 7) is 12.2. The Bertz CT molecular complexity index is 704. The van der Waals surface area contributed by atoms with Crippen molar-refractivity contribution in [3.05, 3.63) is 32.6 Å². The topological polar surface area (TPSA) is 93.6 Å².